The van der Waals surface area contributed by atoms with E-state index in [0.717, 1.165) is 12.8 Å². The van der Waals surface area contributed by atoms with Gasteiger partial charge in [-0.25, -0.2) is 4.48 Å². The second kappa shape index (κ2) is 3.51. The lowest BCUT2D eigenvalue weighted by Crippen LogP contribution is -2.67. The van der Waals surface area contributed by atoms with Gasteiger partial charge in [-0.05, 0) is 33.6 Å². The number of aliphatic hydroxyl groups excluding tert-OH is 1. The van der Waals surface area contributed by atoms with Gasteiger partial charge in [-0.15, -0.1) is 0 Å². The normalized spacial score (nSPS) is 34.1. The highest BCUT2D eigenvalue weighted by Crippen LogP contribution is 2.30. The lowest BCUT2D eigenvalue weighted by molar-refractivity contribution is -0.911. The van der Waals surface area contributed by atoms with E-state index in [4.69, 9.17) is 0 Å². The van der Waals surface area contributed by atoms with Crippen molar-refractivity contribution in [3.8, 4) is 0 Å². The maximum absolute atomic E-state index is 11.3. The minimum Gasteiger partial charge on any atom is -0.435 e. The molecule has 0 bridgehead atoms. The van der Waals surface area contributed by atoms with E-state index in [1.807, 2.05) is 20.8 Å². The van der Waals surface area contributed by atoms with E-state index in [-0.39, 0.29) is 10.0 Å². The molecule has 1 fully saturated rings. The molecule has 1 rings (SSSR count). The molecule has 4 nitrogen and oxygen atoms in total. The van der Waals surface area contributed by atoms with Crippen molar-refractivity contribution >= 4 is 6.09 Å². The Bertz CT molecular complexity index is 234. The van der Waals surface area contributed by atoms with Crippen LogP contribution < -0.4 is 0 Å². The summed E-state index contributed by atoms with van der Waals surface area (Å²) >= 11 is 0. The third kappa shape index (κ3) is 1.77. The number of aliphatic hydroxyl groups is 1. The second-order valence-corrected chi connectivity index (χ2v) is 5.12. The van der Waals surface area contributed by atoms with Crippen molar-refractivity contribution in [3.63, 3.8) is 0 Å². The maximum atomic E-state index is 11.3. The molecular formula is C10H20NO3+. The lowest BCUT2D eigenvalue weighted by atomic mass is 9.95. The average molecular weight is 202 g/mol. The number of hydrogen-bond acceptors (Lipinski definition) is 2. The van der Waals surface area contributed by atoms with Crippen molar-refractivity contribution in [2.24, 2.45) is 0 Å². The van der Waals surface area contributed by atoms with Crippen molar-refractivity contribution < 1.29 is 19.5 Å². The van der Waals surface area contributed by atoms with Gasteiger partial charge in [0, 0.05) is 0 Å². The van der Waals surface area contributed by atoms with Crippen molar-refractivity contribution in [2.45, 2.75) is 45.3 Å². The number of nitrogens with zero attached hydrogens (tertiary/aromatic N) is 1. The second-order valence-electron chi connectivity index (χ2n) is 5.12. The Labute approximate surface area is 84.7 Å². The summed E-state index contributed by atoms with van der Waals surface area (Å²) in [6, 6.07) is 0. The van der Waals surface area contributed by atoms with Crippen molar-refractivity contribution in [1.82, 2.24) is 0 Å². The molecule has 0 aliphatic carbocycles. The van der Waals surface area contributed by atoms with Crippen LogP contribution in [0.5, 0.6) is 0 Å². The fraction of sp³-hybridized carbons (Fsp3) is 0.900. The minimum atomic E-state index is -0.823. The Morgan fingerprint density at radius 3 is 2.29 bits per heavy atom. The molecule has 82 valence electrons. The van der Waals surface area contributed by atoms with Gasteiger partial charge in [-0.2, -0.15) is 4.79 Å². The first-order valence-corrected chi connectivity index (χ1v) is 5.08. The lowest BCUT2D eigenvalue weighted by Gasteiger charge is -2.46. The fourth-order valence-corrected chi connectivity index (χ4v) is 2.21. The molecule has 1 heterocycles. The van der Waals surface area contributed by atoms with E-state index in [2.05, 4.69) is 0 Å². The van der Waals surface area contributed by atoms with Gasteiger partial charge in [0.1, 0.15) is 18.2 Å². The Balaban J connectivity index is 2.98. The molecule has 0 aromatic rings. The monoisotopic (exact) mass is 202 g/mol. The van der Waals surface area contributed by atoms with Crippen LogP contribution in [-0.4, -0.2) is 45.5 Å². The van der Waals surface area contributed by atoms with Crippen molar-refractivity contribution in [2.75, 3.05) is 13.1 Å². The van der Waals surface area contributed by atoms with Gasteiger partial charge in [-0.3, -0.25) is 0 Å². The molecule has 0 aromatic heterocycles. The number of piperidine rings is 1. The molecule has 1 amide bonds. The molecule has 0 saturated carbocycles. The van der Waals surface area contributed by atoms with Crippen LogP contribution in [0.25, 0.3) is 0 Å². The zero-order valence-corrected chi connectivity index (χ0v) is 9.16. The van der Waals surface area contributed by atoms with E-state index in [1.165, 1.54) is 0 Å². The first-order valence-electron chi connectivity index (χ1n) is 5.08. The topological polar surface area (TPSA) is 57.5 Å². The standard InChI is InChI=1S/C10H19NO3/c1-10(2,3)11(9(13)14)6-4-5-8(12)7-11/h8,12H,4-7H2,1-3H3/p+1/t8-,11?/m0/s1. The zero-order chi connectivity index (χ0) is 11.0. The molecule has 0 spiro atoms. The van der Waals surface area contributed by atoms with Gasteiger partial charge >= 0.3 is 6.09 Å². The van der Waals surface area contributed by atoms with Gasteiger partial charge in [0.25, 0.3) is 0 Å². The van der Waals surface area contributed by atoms with Crippen LogP contribution in [0.2, 0.25) is 0 Å². The Hall–Kier alpha value is -0.610. The van der Waals surface area contributed by atoms with Crippen LogP contribution in [0.15, 0.2) is 0 Å². The van der Waals surface area contributed by atoms with Crippen LogP contribution in [0.3, 0.4) is 0 Å². The summed E-state index contributed by atoms with van der Waals surface area (Å²) in [7, 11) is 0. The summed E-state index contributed by atoms with van der Waals surface area (Å²) in [5, 5.41) is 18.9. The molecule has 14 heavy (non-hydrogen) atoms. The van der Waals surface area contributed by atoms with E-state index < -0.39 is 12.2 Å². The zero-order valence-electron chi connectivity index (χ0n) is 9.16. The molecule has 1 aliphatic rings. The Morgan fingerprint density at radius 1 is 1.43 bits per heavy atom. The largest absolute Gasteiger partial charge is 0.514 e. The number of rotatable bonds is 0. The summed E-state index contributed by atoms with van der Waals surface area (Å²) in [5.74, 6) is 0. The minimum absolute atomic E-state index is 0.0197. The van der Waals surface area contributed by atoms with Crippen LogP contribution in [-0.2, 0) is 0 Å². The quantitative estimate of drug-likeness (QED) is 0.584. The highest BCUT2D eigenvalue weighted by atomic mass is 16.4. The average Bonchev–Trinajstić information content (AvgIpc) is 2.01. The smallest absolute Gasteiger partial charge is 0.435 e. The predicted octanol–water partition coefficient (Wildman–Crippen LogP) is 1.43. The SMILES string of the molecule is CC(C)(C)[N+]1(C(=O)O)CCC[C@H](O)C1. The molecule has 1 saturated heterocycles. The molecule has 0 aromatic carbocycles. The molecule has 1 aliphatic heterocycles. The first-order chi connectivity index (χ1) is 6.29. The molecule has 2 N–H and O–H groups in total. The van der Waals surface area contributed by atoms with Gasteiger partial charge in [0.15, 0.2) is 0 Å². The van der Waals surface area contributed by atoms with Gasteiger partial charge < -0.3 is 10.2 Å². The highest BCUT2D eigenvalue weighted by molar-refractivity contribution is 5.57. The maximum Gasteiger partial charge on any atom is 0.514 e. The summed E-state index contributed by atoms with van der Waals surface area (Å²) in [6.45, 7) is 6.70. The molecule has 4 heteroatoms. The summed E-state index contributed by atoms with van der Waals surface area (Å²) < 4.78 is -0.0197. The van der Waals surface area contributed by atoms with E-state index in [1.54, 1.807) is 0 Å². The molecule has 1 unspecified atom stereocenters. The predicted molar refractivity (Wildman–Crippen MR) is 53.0 cm³/mol. The summed E-state index contributed by atoms with van der Waals surface area (Å²) in [4.78, 5) is 11.3. The van der Waals surface area contributed by atoms with Gasteiger partial charge in [0.05, 0.1) is 6.54 Å². The van der Waals surface area contributed by atoms with E-state index in [0.29, 0.717) is 13.1 Å². The summed E-state index contributed by atoms with van der Waals surface area (Å²) in [5.41, 5.74) is -0.354. The molecular weight excluding hydrogens is 182 g/mol. The van der Waals surface area contributed by atoms with E-state index in [9.17, 15) is 15.0 Å². The number of likely N-dealkylation sites (tertiary alicyclic amines) is 1. The number of amides is 1. The molecule has 0 radical (unpaired) electrons. The summed E-state index contributed by atoms with van der Waals surface area (Å²) in [6.07, 6.45) is 0.212. The highest BCUT2D eigenvalue weighted by Gasteiger charge is 2.50. The number of carboxylic acid groups (broad SMARTS) is 1. The van der Waals surface area contributed by atoms with E-state index >= 15 is 0 Å². The number of quaternary nitrogens is 1. The Kier molecular flexibility index (Phi) is 2.88. The third-order valence-electron chi connectivity index (χ3n) is 3.25. The first kappa shape index (κ1) is 11.5. The van der Waals surface area contributed by atoms with Crippen LogP contribution in [0.4, 0.5) is 4.79 Å². The molecule has 2 atom stereocenters. The van der Waals surface area contributed by atoms with Crippen LogP contribution in [0.1, 0.15) is 33.6 Å². The van der Waals surface area contributed by atoms with Crippen LogP contribution >= 0.6 is 0 Å². The Morgan fingerprint density at radius 2 is 2.00 bits per heavy atom. The number of hydrogen-bond donors (Lipinski definition) is 2. The third-order valence-corrected chi connectivity index (χ3v) is 3.25. The van der Waals surface area contributed by atoms with Gasteiger partial charge in [0.2, 0.25) is 0 Å². The van der Waals surface area contributed by atoms with Crippen molar-refractivity contribution in [1.29, 1.82) is 0 Å². The van der Waals surface area contributed by atoms with Crippen molar-refractivity contribution in [3.05, 3.63) is 0 Å². The van der Waals surface area contributed by atoms with Gasteiger partial charge in [-0.1, -0.05) is 0 Å². The number of carbonyl (C=O) groups is 1. The van der Waals surface area contributed by atoms with Crippen LogP contribution in [0, 0.1) is 0 Å². The fourth-order valence-electron chi connectivity index (χ4n) is 2.21.